The quantitative estimate of drug-likeness (QED) is 0.564. The van der Waals surface area contributed by atoms with Crippen molar-refractivity contribution in [2.75, 3.05) is 24.7 Å². The average molecular weight is 496 g/mol. The Bertz CT molecular complexity index is 1410. The number of fused-ring (bicyclic) bond motifs is 1. The van der Waals surface area contributed by atoms with E-state index in [0.717, 1.165) is 12.3 Å². The van der Waals surface area contributed by atoms with E-state index in [1.807, 2.05) is 0 Å². The van der Waals surface area contributed by atoms with E-state index in [-0.39, 0.29) is 23.6 Å². The Morgan fingerprint density at radius 1 is 1.21 bits per heavy atom. The van der Waals surface area contributed by atoms with Gasteiger partial charge in [-0.3, -0.25) is 9.36 Å². The van der Waals surface area contributed by atoms with E-state index in [4.69, 9.17) is 0 Å². The van der Waals surface area contributed by atoms with Crippen LogP contribution in [0.4, 0.5) is 19.0 Å². The van der Waals surface area contributed by atoms with Crippen LogP contribution < -0.4 is 10.9 Å². The summed E-state index contributed by atoms with van der Waals surface area (Å²) in [5.74, 6) is -0.992. The van der Waals surface area contributed by atoms with Crippen molar-refractivity contribution in [1.29, 1.82) is 0 Å². The maximum atomic E-state index is 14.7. The molecule has 3 heterocycles. The molecule has 0 aliphatic carbocycles. The van der Waals surface area contributed by atoms with Crippen LogP contribution in [0, 0.1) is 5.82 Å². The lowest BCUT2D eigenvalue weighted by Crippen LogP contribution is -2.29. The van der Waals surface area contributed by atoms with Crippen molar-refractivity contribution < 1.29 is 21.6 Å². The predicted molar refractivity (Wildman–Crippen MR) is 122 cm³/mol. The second-order valence-corrected chi connectivity index (χ2v) is 10.4. The van der Waals surface area contributed by atoms with Crippen LogP contribution in [0.3, 0.4) is 0 Å². The number of aryl methyl sites for hydroxylation is 1. The lowest BCUT2D eigenvalue weighted by atomic mass is 9.98. The Morgan fingerprint density at radius 2 is 1.91 bits per heavy atom. The molecule has 0 amide bonds. The molecule has 12 heteroatoms. The van der Waals surface area contributed by atoms with Gasteiger partial charge in [0.25, 0.3) is 12.0 Å². The number of pyridine rings is 1. The monoisotopic (exact) mass is 495 g/mol. The molecule has 0 spiro atoms. The maximum absolute atomic E-state index is 14.7. The fourth-order valence-corrected chi connectivity index (χ4v) is 5.23. The summed E-state index contributed by atoms with van der Waals surface area (Å²) in [4.78, 5) is 21.4. The zero-order valence-corrected chi connectivity index (χ0v) is 19.6. The van der Waals surface area contributed by atoms with Gasteiger partial charge < -0.3 is 5.32 Å². The Kier molecular flexibility index (Phi) is 6.38. The number of aromatic nitrogens is 3. The van der Waals surface area contributed by atoms with E-state index in [0.29, 0.717) is 35.4 Å². The third-order valence-electron chi connectivity index (χ3n) is 6.21. The number of alkyl halides is 2. The van der Waals surface area contributed by atoms with Crippen molar-refractivity contribution >= 4 is 26.9 Å². The first-order valence-electron chi connectivity index (χ1n) is 10.6. The maximum Gasteiger partial charge on any atom is 0.266 e. The molecule has 8 nitrogen and oxygen atoms in total. The molecule has 1 aliphatic heterocycles. The van der Waals surface area contributed by atoms with E-state index >= 15 is 0 Å². The minimum atomic E-state index is -3.38. The first-order valence-corrected chi connectivity index (χ1v) is 12.5. The van der Waals surface area contributed by atoms with Crippen LogP contribution in [0.25, 0.3) is 11.0 Å². The highest BCUT2D eigenvalue weighted by molar-refractivity contribution is 7.88. The van der Waals surface area contributed by atoms with Crippen LogP contribution in [-0.4, -0.2) is 46.6 Å². The van der Waals surface area contributed by atoms with Gasteiger partial charge in [0.1, 0.15) is 23.6 Å². The summed E-state index contributed by atoms with van der Waals surface area (Å²) >= 11 is 0. The first-order chi connectivity index (χ1) is 16.0. The van der Waals surface area contributed by atoms with E-state index in [2.05, 4.69) is 15.3 Å². The molecule has 34 heavy (non-hydrogen) atoms. The van der Waals surface area contributed by atoms with Gasteiger partial charge in [0.05, 0.1) is 23.2 Å². The van der Waals surface area contributed by atoms with E-state index in [9.17, 15) is 26.4 Å². The Hall–Kier alpha value is -2.99. The molecule has 1 unspecified atom stereocenters. The number of sulfonamides is 1. The zero-order chi connectivity index (χ0) is 24.8. The highest BCUT2D eigenvalue weighted by atomic mass is 32.2. The van der Waals surface area contributed by atoms with E-state index in [1.165, 1.54) is 27.3 Å². The van der Waals surface area contributed by atoms with Gasteiger partial charge in [-0.1, -0.05) is 18.2 Å². The van der Waals surface area contributed by atoms with Crippen LogP contribution in [0.15, 0.2) is 35.4 Å². The van der Waals surface area contributed by atoms with Crippen LogP contribution in [0.2, 0.25) is 0 Å². The minimum Gasteiger partial charge on any atom is -0.363 e. The molecule has 2 aromatic heterocycles. The molecular weight excluding hydrogens is 471 g/mol. The van der Waals surface area contributed by atoms with Crippen molar-refractivity contribution in [1.82, 2.24) is 18.8 Å². The predicted octanol–water partition coefficient (Wildman–Crippen LogP) is 3.33. The summed E-state index contributed by atoms with van der Waals surface area (Å²) in [6.07, 6.45) is -0.0646. The topological polar surface area (TPSA) is 97.2 Å². The standard InChI is InChI=1S/C22H24F3N5O3S/c1-12(14-5-4-6-15(18(14)23)19(24)25)28-20-17-9-16(13-7-8-30(10-13)34(3,32)33)22(31)29(2)21(17)27-11-26-20/h4-6,9,11-13,19H,7-8,10H2,1-3H3,(H,26,27,28)/t12-,13?/m1/s1. The Morgan fingerprint density at radius 3 is 2.56 bits per heavy atom. The fraction of sp³-hybridized carbons (Fsp3) is 0.409. The molecule has 0 bridgehead atoms. The van der Waals surface area contributed by atoms with Crippen molar-refractivity contribution in [2.24, 2.45) is 7.05 Å². The Balaban J connectivity index is 1.74. The third-order valence-corrected chi connectivity index (χ3v) is 7.47. The van der Waals surface area contributed by atoms with Gasteiger partial charge in [0.15, 0.2) is 0 Å². The molecule has 182 valence electrons. The van der Waals surface area contributed by atoms with Gasteiger partial charge in [-0.2, -0.15) is 0 Å². The summed E-state index contributed by atoms with van der Waals surface area (Å²) in [6, 6.07) is 4.74. The number of nitrogens with one attached hydrogen (secondary N) is 1. The van der Waals surface area contributed by atoms with Gasteiger partial charge in [-0.15, -0.1) is 0 Å². The summed E-state index contributed by atoms with van der Waals surface area (Å²) in [5.41, 5.74) is -0.161. The smallest absolute Gasteiger partial charge is 0.266 e. The van der Waals surface area contributed by atoms with Gasteiger partial charge in [0, 0.05) is 37.2 Å². The molecule has 2 atom stereocenters. The SMILES string of the molecule is C[C@@H](Nc1ncnc2c1cc(C1CCN(S(C)(=O)=O)C1)c(=O)n2C)c1cccc(C(F)F)c1F. The highest BCUT2D eigenvalue weighted by Crippen LogP contribution is 2.32. The van der Waals surface area contributed by atoms with Crippen LogP contribution in [0.1, 0.15) is 48.4 Å². The number of halogens is 3. The number of anilines is 1. The molecule has 1 aliphatic rings. The van der Waals surface area contributed by atoms with Crippen molar-refractivity contribution in [3.8, 4) is 0 Å². The lowest BCUT2D eigenvalue weighted by Gasteiger charge is -2.19. The lowest BCUT2D eigenvalue weighted by molar-refractivity contribution is 0.146. The largest absolute Gasteiger partial charge is 0.363 e. The number of rotatable bonds is 6. The molecule has 3 aromatic rings. The van der Waals surface area contributed by atoms with Crippen molar-refractivity contribution in [3.63, 3.8) is 0 Å². The highest BCUT2D eigenvalue weighted by Gasteiger charge is 2.32. The molecule has 1 N–H and O–H groups in total. The van der Waals surface area contributed by atoms with Crippen LogP contribution >= 0.6 is 0 Å². The molecule has 0 radical (unpaired) electrons. The van der Waals surface area contributed by atoms with Gasteiger partial charge in [0.2, 0.25) is 10.0 Å². The average Bonchev–Trinajstić information content (AvgIpc) is 3.27. The third kappa shape index (κ3) is 4.39. The molecule has 1 aromatic carbocycles. The summed E-state index contributed by atoms with van der Waals surface area (Å²) in [7, 11) is -1.82. The summed E-state index contributed by atoms with van der Waals surface area (Å²) < 4.78 is 67.4. The number of hydrogen-bond donors (Lipinski definition) is 1. The van der Waals surface area contributed by atoms with Crippen molar-refractivity contribution in [3.05, 3.63) is 63.5 Å². The van der Waals surface area contributed by atoms with Gasteiger partial charge in [-0.25, -0.2) is 35.9 Å². The molecule has 0 saturated carbocycles. The van der Waals surface area contributed by atoms with E-state index in [1.54, 1.807) is 20.0 Å². The van der Waals surface area contributed by atoms with E-state index < -0.39 is 33.9 Å². The van der Waals surface area contributed by atoms with Crippen molar-refractivity contribution in [2.45, 2.75) is 31.7 Å². The second kappa shape index (κ2) is 8.99. The number of nitrogens with zero attached hydrogens (tertiary/aromatic N) is 4. The molecule has 1 fully saturated rings. The molecule has 4 rings (SSSR count). The van der Waals surface area contributed by atoms with Crippen LogP contribution in [-0.2, 0) is 17.1 Å². The first kappa shape index (κ1) is 24.1. The fourth-order valence-electron chi connectivity index (χ4n) is 4.34. The minimum absolute atomic E-state index is 0.0502. The molecule has 1 saturated heterocycles. The summed E-state index contributed by atoms with van der Waals surface area (Å²) in [6.45, 7) is 2.13. The van der Waals surface area contributed by atoms with Crippen LogP contribution in [0.5, 0.6) is 0 Å². The second-order valence-electron chi connectivity index (χ2n) is 8.45. The van der Waals surface area contributed by atoms with Gasteiger partial charge in [-0.05, 0) is 19.4 Å². The molecular formula is C22H24F3N5O3S. The normalized spacial score (nSPS) is 18.0. The number of benzene rings is 1. The zero-order valence-electron chi connectivity index (χ0n) is 18.8. The Labute approximate surface area is 194 Å². The van der Waals surface area contributed by atoms with Gasteiger partial charge >= 0.3 is 0 Å². The summed E-state index contributed by atoms with van der Waals surface area (Å²) in [5, 5.41) is 3.53. The number of hydrogen-bond acceptors (Lipinski definition) is 6.